The molecule has 0 amide bonds. The van der Waals surface area contributed by atoms with E-state index in [1.54, 1.807) is 12.1 Å². The third-order valence-corrected chi connectivity index (χ3v) is 2.85. The van der Waals surface area contributed by atoms with Gasteiger partial charge in [0, 0.05) is 11.5 Å². The van der Waals surface area contributed by atoms with E-state index in [9.17, 15) is 4.79 Å². The van der Waals surface area contributed by atoms with Crippen LogP contribution in [0.5, 0.6) is 5.75 Å². The van der Waals surface area contributed by atoms with Crippen molar-refractivity contribution in [2.45, 2.75) is 26.9 Å². The second kappa shape index (κ2) is 4.62. The molecule has 0 bridgehead atoms. The molecule has 17 heavy (non-hydrogen) atoms. The number of fused-ring (bicyclic) bond motifs is 1. The molecule has 1 aromatic carbocycles. The topological polar surface area (TPSA) is 39.4 Å². The zero-order valence-corrected chi connectivity index (χ0v) is 10.3. The molecule has 1 heterocycles. The van der Waals surface area contributed by atoms with Crippen LogP contribution < -0.4 is 10.4 Å². The SMILES string of the molecule is CC(C)C(C)Oc1ccc2oc(=O)ccc2c1. The van der Waals surface area contributed by atoms with Crippen molar-refractivity contribution < 1.29 is 9.15 Å². The van der Waals surface area contributed by atoms with Crippen LogP contribution in [0.1, 0.15) is 20.8 Å². The summed E-state index contributed by atoms with van der Waals surface area (Å²) >= 11 is 0. The van der Waals surface area contributed by atoms with Crippen molar-refractivity contribution in [3.05, 3.63) is 40.8 Å². The fourth-order valence-corrected chi connectivity index (χ4v) is 1.47. The van der Waals surface area contributed by atoms with Crippen molar-refractivity contribution in [2.24, 2.45) is 5.92 Å². The van der Waals surface area contributed by atoms with Crippen molar-refractivity contribution in [3.8, 4) is 5.75 Å². The van der Waals surface area contributed by atoms with Gasteiger partial charge in [-0.25, -0.2) is 4.79 Å². The Morgan fingerprint density at radius 3 is 2.59 bits per heavy atom. The second-order valence-corrected chi connectivity index (χ2v) is 4.52. The van der Waals surface area contributed by atoms with Crippen molar-refractivity contribution in [1.82, 2.24) is 0 Å². The van der Waals surface area contributed by atoms with E-state index >= 15 is 0 Å². The number of ether oxygens (including phenoxy) is 1. The Morgan fingerprint density at radius 2 is 1.88 bits per heavy atom. The highest BCUT2D eigenvalue weighted by Gasteiger charge is 2.09. The van der Waals surface area contributed by atoms with Gasteiger partial charge in [-0.1, -0.05) is 13.8 Å². The molecule has 0 aliphatic heterocycles. The van der Waals surface area contributed by atoms with Crippen molar-refractivity contribution in [2.75, 3.05) is 0 Å². The molecule has 0 radical (unpaired) electrons. The standard InChI is InChI=1S/C14H16O3/c1-9(2)10(3)16-12-5-6-13-11(8-12)4-7-14(15)17-13/h4-10H,1-3H3. The van der Waals surface area contributed by atoms with Crippen LogP contribution in [0.15, 0.2) is 39.5 Å². The minimum absolute atomic E-state index is 0.156. The van der Waals surface area contributed by atoms with Crippen LogP contribution >= 0.6 is 0 Å². The van der Waals surface area contributed by atoms with Gasteiger partial charge in [0.2, 0.25) is 0 Å². The van der Waals surface area contributed by atoms with Gasteiger partial charge in [-0.2, -0.15) is 0 Å². The summed E-state index contributed by atoms with van der Waals surface area (Å²) in [5.74, 6) is 1.26. The summed E-state index contributed by atoms with van der Waals surface area (Å²) < 4.78 is 10.9. The Morgan fingerprint density at radius 1 is 1.12 bits per heavy atom. The lowest BCUT2D eigenvalue weighted by molar-refractivity contribution is 0.170. The van der Waals surface area contributed by atoms with E-state index in [1.165, 1.54) is 6.07 Å². The molecule has 0 aliphatic carbocycles. The van der Waals surface area contributed by atoms with Crippen LogP contribution in [0.3, 0.4) is 0 Å². The smallest absolute Gasteiger partial charge is 0.336 e. The quantitative estimate of drug-likeness (QED) is 0.763. The van der Waals surface area contributed by atoms with Gasteiger partial charge in [-0.3, -0.25) is 0 Å². The number of hydrogen-bond acceptors (Lipinski definition) is 3. The molecular formula is C14H16O3. The van der Waals surface area contributed by atoms with Crippen LogP contribution in [0, 0.1) is 5.92 Å². The minimum atomic E-state index is -0.332. The number of hydrogen-bond donors (Lipinski definition) is 0. The van der Waals surface area contributed by atoms with Gasteiger partial charge in [-0.05, 0) is 37.1 Å². The van der Waals surface area contributed by atoms with E-state index < -0.39 is 0 Å². The third-order valence-electron chi connectivity index (χ3n) is 2.85. The predicted molar refractivity (Wildman–Crippen MR) is 67.4 cm³/mol. The summed E-state index contributed by atoms with van der Waals surface area (Å²) in [5.41, 5.74) is 0.253. The average Bonchev–Trinajstić information content (AvgIpc) is 2.29. The molecule has 1 unspecified atom stereocenters. The van der Waals surface area contributed by atoms with E-state index in [0.717, 1.165) is 11.1 Å². The summed E-state index contributed by atoms with van der Waals surface area (Å²) in [6.07, 6.45) is 0.156. The lowest BCUT2D eigenvalue weighted by atomic mass is 10.1. The molecule has 0 aliphatic rings. The molecule has 1 atom stereocenters. The van der Waals surface area contributed by atoms with E-state index in [1.807, 2.05) is 19.1 Å². The normalized spacial score (nSPS) is 12.9. The summed E-state index contributed by atoms with van der Waals surface area (Å²) in [7, 11) is 0. The first-order valence-electron chi connectivity index (χ1n) is 5.77. The van der Waals surface area contributed by atoms with E-state index in [2.05, 4.69) is 13.8 Å². The second-order valence-electron chi connectivity index (χ2n) is 4.52. The maximum Gasteiger partial charge on any atom is 0.336 e. The molecule has 0 saturated heterocycles. The Bertz CT molecular complexity index is 569. The molecule has 3 nitrogen and oxygen atoms in total. The highest BCUT2D eigenvalue weighted by molar-refractivity contribution is 5.77. The van der Waals surface area contributed by atoms with Gasteiger partial charge < -0.3 is 9.15 Å². The van der Waals surface area contributed by atoms with Gasteiger partial charge in [0.15, 0.2) is 0 Å². The van der Waals surface area contributed by atoms with E-state index in [-0.39, 0.29) is 11.7 Å². The highest BCUT2D eigenvalue weighted by Crippen LogP contribution is 2.21. The van der Waals surface area contributed by atoms with Crippen molar-refractivity contribution in [3.63, 3.8) is 0 Å². The van der Waals surface area contributed by atoms with Crippen molar-refractivity contribution >= 4 is 11.0 Å². The molecule has 0 saturated carbocycles. The van der Waals surface area contributed by atoms with Crippen LogP contribution in [-0.4, -0.2) is 6.10 Å². The molecule has 2 rings (SSSR count). The van der Waals surface area contributed by atoms with Crippen LogP contribution in [0.25, 0.3) is 11.0 Å². The average molecular weight is 232 g/mol. The van der Waals surface area contributed by atoms with E-state index in [0.29, 0.717) is 11.5 Å². The number of benzene rings is 1. The fourth-order valence-electron chi connectivity index (χ4n) is 1.47. The van der Waals surface area contributed by atoms with Crippen LogP contribution in [0.2, 0.25) is 0 Å². The zero-order chi connectivity index (χ0) is 12.4. The molecule has 0 spiro atoms. The minimum Gasteiger partial charge on any atom is -0.490 e. The lowest BCUT2D eigenvalue weighted by Crippen LogP contribution is -2.18. The Kier molecular flexibility index (Phi) is 3.18. The summed E-state index contributed by atoms with van der Waals surface area (Å²) in [6.45, 7) is 6.27. The largest absolute Gasteiger partial charge is 0.490 e. The number of rotatable bonds is 3. The first-order chi connectivity index (χ1) is 8.06. The van der Waals surface area contributed by atoms with Crippen molar-refractivity contribution in [1.29, 1.82) is 0 Å². The first-order valence-corrected chi connectivity index (χ1v) is 5.77. The van der Waals surface area contributed by atoms with Crippen LogP contribution in [0.4, 0.5) is 0 Å². The van der Waals surface area contributed by atoms with Gasteiger partial charge >= 0.3 is 5.63 Å². The highest BCUT2D eigenvalue weighted by atomic mass is 16.5. The van der Waals surface area contributed by atoms with Gasteiger partial charge in [-0.15, -0.1) is 0 Å². The third kappa shape index (κ3) is 2.67. The molecule has 0 N–H and O–H groups in total. The molecule has 1 aromatic heterocycles. The monoisotopic (exact) mass is 232 g/mol. The van der Waals surface area contributed by atoms with Gasteiger partial charge in [0.05, 0.1) is 6.10 Å². The molecular weight excluding hydrogens is 216 g/mol. The Labute approximate surface area is 100 Å². The zero-order valence-electron chi connectivity index (χ0n) is 10.3. The maximum atomic E-state index is 11.0. The predicted octanol–water partition coefficient (Wildman–Crippen LogP) is 3.22. The molecule has 90 valence electrons. The van der Waals surface area contributed by atoms with E-state index in [4.69, 9.17) is 9.15 Å². The van der Waals surface area contributed by atoms with Gasteiger partial charge in [0.1, 0.15) is 11.3 Å². The van der Waals surface area contributed by atoms with Gasteiger partial charge in [0.25, 0.3) is 0 Å². The Hall–Kier alpha value is -1.77. The summed E-state index contributed by atoms with van der Waals surface area (Å²) in [6, 6.07) is 8.63. The molecule has 0 fully saturated rings. The summed E-state index contributed by atoms with van der Waals surface area (Å²) in [5, 5.41) is 0.873. The fraction of sp³-hybridized carbons (Fsp3) is 0.357. The lowest BCUT2D eigenvalue weighted by Gasteiger charge is -2.18. The maximum absolute atomic E-state index is 11.0. The molecule has 2 aromatic rings. The first kappa shape index (κ1) is 11.7. The summed E-state index contributed by atoms with van der Waals surface area (Å²) in [4.78, 5) is 11.0. The van der Waals surface area contributed by atoms with Crippen LogP contribution in [-0.2, 0) is 0 Å². The Balaban J connectivity index is 2.32. The molecule has 3 heteroatoms.